The smallest absolute Gasteiger partial charge is 0.189 e. The van der Waals surface area contributed by atoms with E-state index in [0.717, 1.165) is 22.6 Å². The Hall–Kier alpha value is -2.02. The Morgan fingerprint density at radius 3 is 2.96 bits per heavy atom. The van der Waals surface area contributed by atoms with E-state index in [9.17, 15) is 0 Å². The second kappa shape index (κ2) is 8.19. The first kappa shape index (κ1) is 16.8. The lowest BCUT2D eigenvalue weighted by molar-refractivity contribution is -0.0164. The van der Waals surface area contributed by atoms with E-state index in [1.165, 1.54) is 17.3 Å². The molecule has 0 saturated heterocycles. The summed E-state index contributed by atoms with van der Waals surface area (Å²) in [5.41, 5.74) is 8.71. The summed E-state index contributed by atoms with van der Waals surface area (Å²) < 4.78 is 10.8. The second-order valence-electron chi connectivity index (χ2n) is 5.05. The average Bonchev–Trinajstić information content (AvgIpc) is 2.60. The maximum atomic E-state index is 6.10. The van der Waals surface area contributed by atoms with Crippen LogP contribution in [0.15, 0.2) is 52.7 Å². The zero-order valence-electron chi connectivity index (χ0n) is 12.8. The summed E-state index contributed by atoms with van der Waals surface area (Å²) in [7, 11) is 0. The summed E-state index contributed by atoms with van der Waals surface area (Å²) in [5, 5.41) is 9.05. The van der Waals surface area contributed by atoms with Crippen LogP contribution in [0.3, 0.4) is 0 Å². The first-order valence-corrected chi connectivity index (χ1v) is 8.65. The van der Waals surface area contributed by atoms with Gasteiger partial charge in [0.05, 0.1) is 12.8 Å². The summed E-state index contributed by atoms with van der Waals surface area (Å²) in [6.07, 6.45) is 1.59. The molecule has 1 aliphatic rings. The van der Waals surface area contributed by atoms with E-state index in [0.29, 0.717) is 16.8 Å². The highest BCUT2D eigenvalue weighted by Gasteiger charge is 2.15. The van der Waals surface area contributed by atoms with Gasteiger partial charge in [0.25, 0.3) is 0 Å². The Morgan fingerprint density at radius 2 is 2.12 bits per heavy atom. The maximum Gasteiger partial charge on any atom is 0.189 e. The molecule has 0 unspecified atom stereocenters. The first-order valence-electron chi connectivity index (χ1n) is 7.28. The third-order valence-corrected chi connectivity index (χ3v) is 4.36. The molecule has 0 saturated carbocycles. The van der Waals surface area contributed by atoms with Crippen LogP contribution >= 0.6 is 23.4 Å². The van der Waals surface area contributed by atoms with E-state index in [4.69, 9.17) is 26.8 Å². The standard InChI is InChI=1S/C17H16ClN3O2S/c18-15-6-13(16-14(7-15)9-22-11-23-16)8-20-21-17(19)24-10-12-4-2-1-3-5-12/h1-8H,9-11H2,(H2,19,21). The van der Waals surface area contributed by atoms with Gasteiger partial charge in [-0.1, -0.05) is 53.7 Å². The van der Waals surface area contributed by atoms with Gasteiger partial charge in [0.2, 0.25) is 0 Å². The van der Waals surface area contributed by atoms with Crippen LogP contribution in [0.2, 0.25) is 5.02 Å². The number of nitrogens with zero attached hydrogens (tertiary/aromatic N) is 2. The van der Waals surface area contributed by atoms with E-state index < -0.39 is 0 Å². The number of benzene rings is 2. The molecule has 0 atom stereocenters. The summed E-state index contributed by atoms with van der Waals surface area (Å²) in [6.45, 7) is 0.683. The van der Waals surface area contributed by atoms with Crippen LogP contribution in [0.1, 0.15) is 16.7 Å². The van der Waals surface area contributed by atoms with Gasteiger partial charge in [-0.3, -0.25) is 0 Å². The molecule has 2 N–H and O–H groups in total. The molecule has 0 fully saturated rings. The lowest BCUT2D eigenvalue weighted by Crippen LogP contribution is -2.13. The molecule has 0 radical (unpaired) electrons. The van der Waals surface area contributed by atoms with E-state index in [-0.39, 0.29) is 6.79 Å². The third kappa shape index (κ3) is 4.50. The van der Waals surface area contributed by atoms with Crippen molar-refractivity contribution in [2.45, 2.75) is 12.4 Å². The van der Waals surface area contributed by atoms with Gasteiger partial charge in [-0.15, -0.1) is 5.10 Å². The van der Waals surface area contributed by atoms with Gasteiger partial charge in [-0.25, -0.2) is 0 Å². The molecule has 2 aromatic rings. The molecule has 5 nitrogen and oxygen atoms in total. The molecule has 0 bridgehead atoms. The summed E-state index contributed by atoms with van der Waals surface area (Å²) in [4.78, 5) is 0. The third-order valence-electron chi connectivity index (χ3n) is 3.29. The number of fused-ring (bicyclic) bond motifs is 1. The monoisotopic (exact) mass is 361 g/mol. The van der Waals surface area contributed by atoms with Crippen molar-refractivity contribution in [3.8, 4) is 5.75 Å². The average molecular weight is 362 g/mol. The molecule has 124 valence electrons. The molecule has 3 rings (SSSR count). The van der Waals surface area contributed by atoms with E-state index in [1.54, 1.807) is 12.3 Å². The minimum absolute atomic E-state index is 0.216. The Balaban J connectivity index is 1.66. The highest BCUT2D eigenvalue weighted by Crippen LogP contribution is 2.30. The Bertz CT molecular complexity index is 766. The van der Waals surface area contributed by atoms with Gasteiger partial charge in [0.1, 0.15) is 5.75 Å². The van der Waals surface area contributed by atoms with Crippen LogP contribution in [-0.2, 0) is 17.1 Å². The largest absolute Gasteiger partial charge is 0.466 e. The molecule has 2 aromatic carbocycles. The van der Waals surface area contributed by atoms with Crippen molar-refractivity contribution < 1.29 is 9.47 Å². The van der Waals surface area contributed by atoms with Gasteiger partial charge >= 0.3 is 0 Å². The molecule has 0 amide bonds. The molecule has 1 heterocycles. The zero-order valence-corrected chi connectivity index (χ0v) is 14.4. The van der Waals surface area contributed by atoms with E-state index in [1.807, 2.05) is 36.4 Å². The lowest BCUT2D eigenvalue weighted by Gasteiger charge is -2.19. The van der Waals surface area contributed by atoms with Gasteiger partial charge < -0.3 is 15.2 Å². The van der Waals surface area contributed by atoms with Gasteiger partial charge in [0.15, 0.2) is 12.0 Å². The summed E-state index contributed by atoms with van der Waals surface area (Å²) in [5.74, 6) is 1.47. The SMILES string of the molecule is NC(=NN=Cc1cc(Cl)cc2c1OCOC2)SCc1ccccc1. The van der Waals surface area contributed by atoms with Crippen molar-refractivity contribution in [2.24, 2.45) is 15.9 Å². The van der Waals surface area contributed by atoms with Gasteiger partial charge in [-0.2, -0.15) is 5.10 Å². The minimum atomic E-state index is 0.216. The van der Waals surface area contributed by atoms with Crippen molar-refractivity contribution >= 4 is 34.7 Å². The number of halogens is 1. The number of hydrogen-bond donors (Lipinski definition) is 1. The molecular formula is C17H16ClN3O2S. The maximum absolute atomic E-state index is 6.10. The zero-order chi connectivity index (χ0) is 16.8. The predicted molar refractivity (Wildman–Crippen MR) is 98.7 cm³/mol. The second-order valence-corrected chi connectivity index (χ2v) is 6.48. The fourth-order valence-corrected chi connectivity index (χ4v) is 3.07. The highest BCUT2D eigenvalue weighted by molar-refractivity contribution is 8.13. The van der Waals surface area contributed by atoms with Crippen LogP contribution in [0.5, 0.6) is 5.75 Å². The number of ether oxygens (including phenoxy) is 2. The Labute approximate surface area is 149 Å². The summed E-state index contributed by atoms with van der Waals surface area (Å²) in [6, 6.07) is 13.6. The van der Waals surface area contributed by atoms with Crippen LogP contribution in [0.4, 0.5) is 0 Å². The molecular weight excluding hydrogens is 346 g/mol. The van der Waals surface area contributed by atoms with E-state index >= 15 is 0 Å². The summed E-state index contributed by atoms with van der Waals surface area (Å²) >= 11 is 7.54. The number of rotatable bonds is 4. The predicted octanol–water partition coefficient (Wildman–Crippen LogP) is 3.79. The van der Waals surface area contributed by atoms with Crippen molar-refractivity contribution in [2.75, 3.05) is 6.79 Å². The molecule has 24 heavy (non-hydrogen) atoms. The first-order chi connectivity index (χ1) is 11.7. The molecule has 0 aliphatic carbocycles. The molecule has 7 heteroatoms. The minimum Gasteiger partial charge on any atom is -0.466 e. The van der Waals surface area contributed by atoms with E-state index in [2.05, 4.69) is 10.2 Å². The molecule has 0 aromatic heterocycles. The number of thioether (sulfide) groups is 1. The lowest BCUT2D eigenvalue weighted by atomic mass is 10.1. The molecule has 0 spiro atoms. The van der Waals surface area contributed by atoms with Crippen LogP contribution < -0.4 is 10.5 Å². The van der Waals surface area contributed by atoms with Crippen molar-refractivity contribution in [1.82, 2.24) is 0 Å². The van der Waals surface area contributed by atoms with Gasteiger partial charge in [0, 0.05) is 21.9 Å². The quantitative estimate of drug-likeness (QED) is 0.511. The molecule has 1 aliphatic heterocycles. The van der Waals surface area contributed by atoms with Gasteiger partial charge in [-0.05, 0) is 17.7 Å². The number of amidine groups is 1. The normalized spacial score (nSPS) is 14.5. The van der Waals surface area contributed by atoms with Crippen molar-refractivity contribution in [3.05, 3.63) is 64.2 Å². The number of nitrogens with two attached hydrogens (primary N) is 1. The Kier molecular flexibility index (Phi) is 5.74. The van der Waals surface area contributed by atoms with Crippen LogP contribution in [-0.4, -0.2) is 18.2 Å². The fraction of sp³-hybridized carbons (Fsp3) is 0.176. The Morgan fingerprint density at radius 1 is 1.29 bits per heavy atom. The van der Waals surface area contributed by atoms with Crippen LogP contribution in [0.25, 0.3) is 0 Å². The fourth-order valence-electron chi connectivity index (χ4n) is 2.21. The van der Waals surface area contributed by atoms with Crippen LogP contribution in [0, 0.1) is 0 Å². The number of hydrogen-bond acceptors (Lipinski definition) is 5. The topological polar surface area (TPSA) is 69.2 Å². The van der Waals surface area contributed by atoms with Crippen molar-refractivity contribution in [1.29, 1.82) is 0 Å². The highest BCUT2D eigenvalue weighted by atomic mass is 35.5. The van der Waals surface area contributed by atoms with Crippen molar-refractivity contribution in [3.63, 3.8) is 0 Å².